The molecule has 0 unspecified atom stereocenters. The number of aryl methyl sites for hydroxylation is 2. The van der Waals surface area contributed by atoms with Gasteiger partial charge >= 0.3 is 5.97 Å². The molecule has 39 heavy (non-hydrogen) atoms. The lowest BCUT2D eigenvalue weighted by atomic mass is 9.55. The van der Waals surface area contributed by atoms with Crippen molar-refractivity contribution in [1.29, 1.82) is 0 Å². The van der Waals surface area contributed by atoms with E-state index in [1.54, 1.807) is 0 Å². The van der Waals surface area contributed by atoms with Crippen LogP contribution < -0.4 is 5.32 Å². The number of rotatable bonds is 5. The van der Waals surface area contributed by atoms with Crippen LogP contribution in [0.15, 0.2) is 65.1 Å². The quantitative estimate of drug-likeness (QED) is 0.341. The molecule has 3 aliphatic carbocycles. The molecule has 2 bridgehead atoms. The monoisotopic (exact) mass is 586 g/mol. The lowest BCUT2D eigenvalue weighted by molar-refractivity contribution is -0.159. The standard InChI is InChI=1S/C31H27BrN2O5/c1-15-13-23(16(2)12-22(15)32)33-24(35)14-39-31(38)17(3)34-29(36)27-25-18-8-4-5-9-19(18)26(28(27)30(34)37)21-11-7-6-10-20(21)25/h4-13,17,25-28H,14H2,1-3H3,(H,33,35)/t17-,25?,26?,27-,28+/m0/s1. The van der Waals surface area contributed by atoms with Gasteiger partial charge < -0.3 is 10.1 Å². The Morgan fingerprint density at radius 1 is 0.872 bits per heavy atom. The molecule has 1 saturated heterocycles. The lowest BCUT2D eigenvalue weighted by Gasteiger charge is -2.45. The number of carbonyl (C=O) groups excluding carboxylic acids is 4. The van der Waals surface area contributed by atoms with Gasteiger partial charge in [-0.15, -0.1) is 0 Å². The van der Waals surface area contributed by atoms with Gasteiger partial charge in [-0.2, -0.15) is 0 Å². The van der Waals surface area contributed by atoms with E-state index in [1.807, 2.05) is 74.5 Å². The number of amides is 3. The predicted molar refractivity (Wildman–Crippen MR) is 148 cm³/mol. The molecule has 198 valence electrons. The fraction of sp³-hybridized carbons (Fsp3) is 0.290. The van der Waals surface area contributed by atoms with E-state index in [2.05, 4.69) is 21.2 Å². The van der Waals surface area contributed by atoms with Crippen LogP contribution in [0.25, 0.3) is 0 Å². The van der Waals surface area contributed by atoms with Gasteiger partial charge in [0, 0.05) is 22.0 Å². The van der Waals surface area contributed by atoms with Crippen LogP contribution >= 0.6 is 15.9 Å². The van der Waals surface area contributed by atoms with E-state index >= 15 is 0 Å². The van der Waals surface area contributed by atoms with Crippen molar-refractivity contribution in [1.82, 2.24) is 4.90 Å². The summed E-state index contributed by atoms with van der Waals surface area (Å²) in [5.41, 5.74) is 6.69. The third-order valence-electron chi connectivity index (χ3n) is 8.34. The highest BCUT2D eigenvalue weighted by molar-refractivity contribution is 9.10. The molecule has 0 saturated carbocycles. The molecule has 4 aliphatic rings. The SMILES string of the molecule is Cc1cc(NC(=O)COC(=O)[C@H](C)N2C(=O)[C@@H]3C4c5ccccc5C(c5ccccc54)[C@@H]3C2=O)c(C)cc1Br. The summed E-state index contributed by atoms with van der Waals surface area (Å²) >= 11 is 3.46. The first-order valence-corrected chi connectivity index (χ1v) is 13.8. The van der Waals surface area contributed by atoms with Crippen molar-refractivity contribution < 1.29 is 23.9 Å². The second-order valence-electron chi connectivity index (χ2n) is 10.6. The average molecular weight is 587 g/mol. The lowest BCUT2D eigenvalue weighted by Crippen LogP contribution is -2.45. The zero-order valence-electron chi connectivity index (χ0n) is 21.7. The fourth-order valence-electron chi connectivity index (χ4n) is 6.55. The maximum Gasteiger partial charge on any atom is 0.329 e. The van der Waals surface area contributed by atoms with Crippen LogP contribution in [-0.4, -0.2) is 41.2 Å². The van der Waals surface area contributed by atoms with Crippen LogP contribution in [0, 0.1) is 25.7 Å². The van der Waals surface area contributed by atoms with Gasteiger partial charge in [-0.1, -0.05) is 64.5 Å². The molecule has 1 aliphatic heterocycles. The number of benzene rings is 3. The van der Waals surface area contributed by atoms with E-state index in [4.69, 9.17) is 4.74 Å². The minimum Gasteiger partial charge on any atom is -0.454 e. The third-order valence-corrected chi connectivity index (χ3v) is 9.19. The van der Waals surface area contributed by atoms with Crippen molar-refractivity contribution in [3.05, 3.63) is 98.5 Å². The van der Waals surface area contributed by atoms with Crippen molar-refractivity contribution in [3.63, 3.8) is 0 Å². The van der Waals surface area contributed by atoms with Crippen LogP contribution in [0.3, 0.4) is 0 Å². The number of esters is 1. The fourth-order valence-corrected chi connectivity index (χ4v) is 7.00. The summed E-state index contributed by atoms with van der Waals surface area (Å²) in [4.78, 5) is 54.2. The second kappa shape index (κ2) is 9.45. The van der Waals surface area contributed by atoms with Crippen LogP contribution in [0.4, 0.5) is 5.69 Å². The molecule has 1 fully saturated rings. The molecule has 3 aromatic carbocycles. The molecule has 3 aromatic rings. The molecule has 8 heteroatoms. The molecule has 0 aromatic heterocycles. The number of anilines is 1. The summed E-state index contributed by atoms with van der Waals surface area (Å²) in [6, 6.07) is 18.5. The Morgan fingerprint density at radius 3 is 1.85 bits per heavy atom. The molecule has 1 N–H and O–H groups in total. The zero-order chi connectivity index (χ0) is 27.6. The molecule has 3 atom stereocenters. The van der Waals surface area contributed by atoms with E-state index < -0.39 is 36.4 Å². The first-order valence-electron chi connectivity index (χ1n) is 13.0. The van der Waals surface area contributed by atoms with Crippen molar-refractivity contribution in [2.24, 2.45) is 11.8 Å². The molecular formula is C31H27BrN2O5. The number of imide groups is 1. The highest BCUT2D eigenvalue weighted by Crippen LogP contribution is 2.61. The van der Waals surface area contributed by atoms with Gasteiger partial charge in [-0.25, -0.2) is 4.79 Å². The Morgan fingerprint density at radius 2 is 1.36 bits per heavy atom. The first kappa shape index (κ1) is 25.5. The van der Waals surface area contributed by atoms with E-state index in [9.17, 15) is 19.2 Å². The largest absolute Gasteiger partial charge is 0.454 e. The minimum absolute atomic E-state index is 0.250. The van der Waals surface area contributed by atoms with Gasteiger partial charge in [-0.05, 0) is 66.3 Å². The third kappa shape index (κ3) is 3.92. The molecular weight excluding hydrogens is 560 g/mol. The number of likely N-dealkylation sites (tertiary alicyclic amines) is 1. The number of nitrogens with one attached hydrogen (secondary N) is 1. The summed E-state index contributed by atoms with van der Waals surface area (Å²) in [6.45, 7) is 4.73. The number of halogens is 1. The number of carbonyl (C=O) groups is 4. The van der Waals surface area contributed by atoms with Crippen LogP contribution in [0.2, 0.25) is 0 Å². The Kier molecular flexibility index (Phi) is 6.18. The van der Waals surface area contributed by atoms with Gasteiger partial charge in [0.05, 0.1) is 11.8 Å². The Hall–Kier alpha value is -3.78. The normalized spacial score (nSPS) is 23.1. The van der Waals surface area contributed by atoms with E-state index in [0.29, 0.717) is 5.69 Å². The molecule has 0 spiro atoms. The van der Waals surface area contributed by atoms with Gasteiger partial charge in [0.2, 0.25) is 11.8 Å². The predicted octanol–water partition coefficient (Wildman–Crippen LogP) is 4.83. The van der Waals surface area contributed by atoms with Crippen molar-refractivity contribution in [2.75, 3.05) is 11.9 Å². The van der Waals surface area contributed by atoms with Crippen LogP contribution in [0.1, 0.15) is 52.1 Å². The number of hydrogen-bond acceptors (Lipinski definition) is 5. The maximum atomic E-state index is 13.8. The van der Waals surface area contributed by atoms with E-state index in [-0.39, 0.29) is 23.7 Å². The van der Waals surface area contributed by atoms with Gasteiger partial charge in [0.1, 0.15) is 6.04 Å². The Bertz CT molecular complexity index is 1450. The van der Waals surface area contributed by atoms with Crippen LogP contribution in [-0.2, 0) is 23.9 Å². The average Bonchev–Trinajstić information content (AvgIpc) is 3.20. The summed E-state index contributed by atoms with van der Waals surface area (Å²) in [5.74, 6) is -3.67. The van der Waals surface area contributed by atoms with Crippen molar-refractivity contribution in [2.45, 2.75) is 38.6 Å². The molecule has 7 nitrogen and oxygen atoms in total. The minimum atomic E-state index is -1.15. The summed E-state index contributed by atoms with van der Waals surface area (Å²) in [5, 5.41) is 2.76. The van der Waals surface area contributed by atoms with Gasteiger partial charge in [0.25, 0.3) is 5.91 Å². The van der Waals surface area contributed by atoms with E-state index in [1.165, 1.54) is 6.92 Å². The summed E-state index contributed by atoms with van der Waals surface area (Å²) in [7, 11) is 0. The molecule has 1 heterocycles. The number of ether oxygens (including phenoxy) is 1. The van der Waals surface area contributed by atoms with Crippen LogP contribution in [0.5, 0.6) is 0 Å². The first-order chi connectivity index (χ1) is 18.7. The van der Waals surface area contributed by atoms with Crippen molar-refractivity contribution >= 4 is 45.3 Å². The van der Waals surface area contributed by atoms with Gasteiger partial charge in [0.15, 0.2) is 6.61 Å². The highest BCUT2D eigenvalue weighted by Gasteiger charge is 2.62. The number of hydrogen-bond donors (Lipinski definition) is 1. The molecule has 7 rings (SSSR count). The Labute approximate surface area is 234 Å². The zero-order valence-corrected chi connectivity index (χ0v) is 23.3. The van der Waals surface area contributed by atoms with Crippen molar-refractivity contribution in [3.8, 4) is 0 Å². The molecule has 3 amide bonds. The summed E-state index contributed by atoms with van der Waals surface area (Å²) < 4.78 is 6.21. The maximum absolute atomic E-state index is 13.8. The second-order valence-corrected chi connectivity index (χ2v) is 11.4. The summed E-state index contributed by atoms with van der Waals surface area (Å²) in [6.07, 6.45) is 0. The molecule has 0 radical (unpaired) electrons. The van der Waals surface area contributed by atoms with E-state index in [0.717, 1.165) is 42.8 Å². The smallest absolute Gasteiger partial charge is 0.329 e. The topological polar surface area (TPSA) is 92.8 Å². The highest BCUT2D eigenvalue weighted by atomic mass is 79.9. The van der Waals surface area contributed by atoms with Gasteiger partial charge in [-0.3, -0.25) is 19.3 Å². The Balaban J connectivity index is 1.20. The number of nitrogens with zero attached hydrogens (tertiary/aromatic N) is 1.